The Kier molecular flexibility index (Phi) is 3.46. The number of halogens is 1. The smallest absolute Gasteiger partial charge is 0.241 e. The van der Waals surface area contributed by atoms with Crippen molar-refractivity contribution in [3.63, 3.8) is 0 Å². The van der Waals surface area contributed by atoms with Gasteiger partial charge in [0.1, 0.15) is 0 Å². The minimum atomic E-state index is -3.47. The zero-order valence-electron chi connectivity index (χ0n) is 10.4. The van der Waals surface area contributed by atoms with E-state index in [4.69, 9.17) is 5.73 Å². The van der Waals surface area contributed by atoms with E-state index in [1.165, 1.54) is 6.07 Å². The van der Waals surface area contributed by atoms with Crippen molar-refractivity contribution >= 4 is 31.6 Å². The van der Waals surface area contributed by atoms with E-state index >= 15 is 0 Å². The number of hydrogen-bond donors (Lipinski definition) is 2. The lowest BCUT2D eigenvalue weighted by atomic mass is 10.1. The van der Waals surface area contributed by atoms with Crippen LogP contribution in [0.4, 0.5) is 5.69 Å². The molecule has 4 nitrogen and oxygen atoms in total. The summed E-state index contributed by atoms with van der Waals surface area (Å²) in [7, 11) is -3.47. The number of sulfonamides is 1. The number of nitrogen functional groups attached to an aromatic ring is 1. The van der Waals surface area contributed by atoms with Crippen LogP contribution in [0.5, 0.6) is 0 Å². The number of benzene rings is 1. The van der Waals surface area contributed by atoms with Crippen LogP contribution in [0.1, 0.15) is 20.3 Å². The first-order chi connectivity index (χ1) is 8.22. The van der Waals surface area contributed by atoms with Gasteiger partial charge in [0.15, 0.2) is 0 Å². The van der Waals surface area contributed by atoms with Gasteiger partial charge in [0, 0.05) is 16.7 Å². The average Bonchev–Trinajstić information content (AvgIpc) is 2.83. The predicted molar refractivity (Wildman–Crippen MR) is 75.6 cm³/mol. The fourth-order valence-corrected chi connectivity index (χ4v) is 4.12. The Bertz CT molecular complexity index is 569. The molecule has 18 heavy (non-hydrogen) atoms. The molecule has 0 bridgehead atoms. The van der Waals surface area contributed by atoms with Crippen molar-refractivity contribution in [2.45, 2.75) is 25.2 Å². The van der Waals surface area contributed by atoms with E-state index in [1.807, 2.05) is 0 Å². The summed E-state index contributed by atoms with van der Waals surface area (Å²) in [6, 6.07) is 4.69. The van der Waals surface area contributed by atoms with E-state index in [0.29, 0.717) is 22.6 Å². The Balaban J connectivity index is 2.11. The van der Waals surface area contributed by atoms with Crippen molar-refractivity contribution in [3.05, 3.63) is 22.7 Å². The second-order valence-corrected chi connectivity index (χ2v) is 8.02. The quantitative estimate of drug-likeness (QED) is 0.831. The van der Waals surface area contributed by atoms with Crippen molar-refractivity contribution in [3.8, 4) is 0 Å². The van der Waals surface area contributed by atoms with Crippen LogP contribution in [0.15, 0.2) is 27.6 Å². The molecule has 0 radical (unpaired) electrons. The first-order valence-corrected chi connectivity index (χ1v) is 8.05. The summed E-state index contributed by atoms with van der Waals surface area (Å²) < 4.78 is 27.4. The minimum Gasteiger partial charge on any atom is -0.399 e. The zero-order valence-corrected chi connectivity index (χ0v) is 12.8. The summed E-state index contributed by atoms with van der Waals surface area (Å²) in [6.45, 7) is 4.78. The predicted octanol–water partition coefficient (Wildman–Crippen LogP) is 2.36. The van der Waals surface area contributed by atoms with Crippen molar-refractivity contribution in [2.75, 3.05) is 12.3 Å². The third kappa shape index (κ3) is 2.87. The summed E-state index contributed by atoms with van der Waals surface area (Å²) in [4.78, 5) is 0.232. The summed E-state index contributed by atoms with van der Waals surface area (Å²) in [5.74, 6) is 0.430. The van der Waals surface area contributed by atoms with Gasteiger partial charge in [-0.25, -0.2) is 13.1 Å². The number of rotatable bonds is 4. The largest absolute Gasteiger partial charge is 0.399 e. The molecule has 1 fully saturated rings. The van der Waals surface area contributed by atoms with Gasteiger partial charge in [-0.15, -0.1) is 0 Å². The van der Waals surface area contributed by atoms with Gasteiger partial charge in [-0.05, 0) is 51.9 Å². The van der Waals surface area contributed by atoms with Crippen LogP contribution in [0, 0.1) is 11.3 Å². The molecule has 1 aromatic rings. The van der Waals surface area contributed by atoms with Crippen LogP contribution < -0.4 is 10.5 Å². The first kappa shape index (κ1) is 13.8. The lowest BCUT2D eigenvalue weighted by Crippen LogP contribution is -2.27. The number of nitrogens with two attached hydrogens (primary N) is 1. The first-order valence-electron chi connectivity index (χ1n) is 5.77. The molecular weight excluding hydrogens is 316 g/mol. The Labute approximate surface area is 116 Å². The van der Waals surface area contributed by atoms with Gasteiger partial charge in [-0.2, -0.15) is 0 Å². The molecule has 0 amide bonds. The van der Waals surface area contributed by atoms with Gasteiger partial charge in [-0.1, -0.05) is 13.8 Å². The molecule has 1 aliphatic rings. The molecule has 1 saturated carbocycles. The monoisotopic (exact) mass is 332 g/mol. The molecule has 0 aliphatic heterocycles. The van der Waals surface area contributed by atoms with E-state index < -0.39 is 10.0 Å². The van der Waals surface area contributed by atoms with Crippen LogP contribution in [0.25, 0.3) is 0 Å². The Morgan fingerprint density at radius 3 is 2.61 bits per heavy atom. The van der Waals surface area contributed by atoms with E-state index in [1.54, 1.807) is 12.1 Å². The van der Waals surface area contributed by atoms with Gasteiger partial charge < -0.3 is 5.73 Å². The van der Waals surface area contributed by atoms with E-state index in [-0.39, 0.29) is 10.3 Å². The third-order valence-corrected chi connectivity index (χ3v) is 5.88. The van der Waals surface area contributed by atoms with Crippen molar-refractivity contribution in [1.82, 2.24) is 4.72 Å². The average molecular weight is 333 g/mol. The molecule has 1 atom stereocenters. The molecule has 0 spiro atoms. The molecule has 1 unspecified atom stereocenters. The lowest BCUT2D eigenvalue weighted by molar-refractivity contribution is 0.537. The molecule has 2 rings (SSSR count). The van der Waals surface area contributed by atoms with E-state index in [9.17, 15) is 8.42 Å². The lowest BCUT2D eigenvalue weighted by Gasteiger charge is -2.09. The molecule has 0 saturated heterocycles. The highest BCUT2D eigenvalue weighted by atomic mass is 79.9. The molecule has 0 aromatic heterocycles. The van der Waals surface area contributed by atoms with Gasteiger partial charge in [0.2, 0.25) is 10.0 Å². The van der Waals surface area contributed by atoms with Crippen LogP contribution in [-0.2, 0) is 10.0 Å². The summed E-state index contributed by atoms with van der Waals surface area (Å²) >= 11 is 3.23. The number of anilines is 1. The van der Waals surface area contributed by atoms with E-state index in [2.05, 4.69) is 34.5 Å². The second-order valence-electron chi connectivity index (χ2n) is 5.43. The highest BCUT2D eigenvalue weighted by Crippen LogP contribution is 2.51. The van der Waals surface area contributed by atoms with Crippen LogP contribution in [-0.4, -0.2) is 15.0 Å². The second kappa shape index (κ2) is 4.51. The molecule has 0 heterocycles. The summed E-state index contributed by atoms with van der Waals surface area (Å²) in [6.07, 6.45) is 1.07. The highest BCUT2D eigenvalue weighted by Gasteiger charge is 2.45. The topological polar surface area (TPSA) is 72.2 Å². The number of nitrogens with one attached hydrogen (secondary N) is 1. The standard InChI is InChI=1S/C12H17BrN2O2S/c1-12(2)6-8(12)7-15-18(16,17)11-4-3-9(14)5-10(11)13/h3-5,8,15H,6-7,14H2,1-2H3. The summed E-state index contributed by atoms with van der Waals surface area (Å²) in [5, 5.41) is 0. The maximum atomic E-state index is 12.1. The molecule has 1 aromatic carbocycles. The molecule has 3 N–H and O–H groups in total. The number of hydrogen-bond acceptors (Lipinski definition) is 3. The molecule has 100 valence electrons. The van der Waals surface area contributed by atoms with E-state index in [0.717, 1.165) is 6.42 Å². The Hall–Kier alpha value is -0.590. The zero-order chi connectivity index (χ0) is 13.6. The third-order valence-electron chi connectivity index (χ3n) is 3.48. The minimum absolute atomic E-state index is 0.232. The molecule has 1 aliphatic carbocycles. The Morgan fingerprint density at radius 2 is 2.11 bits per heavy atom. The van der Waals surface area contributed by atoms with Gasteiger partial charge in [0.05, 0.1) is 4.90 Å². The van der Waals surface area contributed by atoms with Gasteiger partial charge >= 0.3 is 0 Å². The van der Waals surface area contributed by atoms with Crippen LogP contribution in [0.2, 0.25) is 0 Å². The van der Waals surface area contributed by atoms with Crippen molar-refractivity contribution in [2.24, 2.45) is 11.3 Å². The maximum Gasteiger partial charge on any atom is 0.241 e. The fraction of sp³-hybridized carbons (Fsp3) is 0.500. The van der Waals surface area contributed by atoms with Gasteiger partial charge in [0.25, 0.3) is 0 Å². The van der Waals surface area contributed by atoms with Crippen LogP contribution >= 0.6 is 15.9 Å². The highest BCUT2D eigenvalue weighted by molar-refractivity contribution is 9.10. The normalized spacial score (nSPS) is 21.8. The van der Waals surface area contributed by atoms with Gasteiger partial charge in [-0.3, -0.25) is 0 Å². The molecular formula is C12H17BrN2O2S. The van der Waals surface area contributed by atoms with Crippen molar-refractivity contribution in [1.29, 1.82) is 0 Å². The van der Waals surface area contributed by atoms with Crippen molar-refractivity contribution < 1.29 is 8.42 Å². The fourth-order valence-electron chi connectivity index (χ4n) is 1.95. The molecule has 6 heteroatoms. The summed E-state index contributed by atoms with van der Waals surface area (Å²) in [5.41, 5.74) is 6.39. The SMILES string of the molecule is CC1(C)CC1CNS(=O)(=O)c1ccc(N)cc1Br. The maximum absolute atomic E-state index is 12.1. The van der Waals surface area contributed by atoms with Crippen LogP contribution in [0.3, 0.4) is 0 Å². The Morgan fingerprint density at radius 1 is 1.50 bits per heavy atom.